The van der Waals surface area contributed by atoms with E-state index in [0.29, 0.717) is 5.69 Å². The molecule has 0 aliphatic heterocycles. The highest BCUT2D eigenvalue weighted by Crippen LogP contribution is 2.32. The van der Waals surface area contributed by atoms with Gasteiger partial charge in [-0.2, -0.15) is 13.2 Å². The summed E-state index contributed by atoms with van der Waals surface area (Å²) >= 11 is 0. The van der Waals surface area contributed by atoms with E-state index in [4.69, 9.17) is 0 Å². The molecule has 0 aliphatic rings. The molecular formula is C10H9F3N4. The van der Waals surface area contributed by atoms with E-state index in [2.05, 4.69) is 15.2 Å². The van der Waals surface area contributed by atoms with E-state index in [1.54, 1.807) is 18.2 Å². The number of hydrogen-bond acceptors (Lipinski definition) is 3. The molecule has 2 heterocycles. The highest BCUT2D eigenvalue weighted by molar-refractivity contribution is 5.48. The van der Waals surface area contributed by atoms with E-state index in [-0.39, 0.29) is 5.82 Å². The summed E-state index contributed by atoms with van der Waals surface area (Å²) in [4.78, 5) is 3.96. The highest BCUT2D eigenvalue weighted by atomic mass is 19.4. The standard InChI is InChI=1S/C10H9F3N4/c1-7(10(11,12)13)17-6-15-16-9(17)8-4-2-3-5-14-8/h2-7H,1H3. The molecule has 0 bridgehead atoms. The molecule has 0 saturated carbocycles. The van der Waals surface area contributed by atoms with Crippen LogP contribution < -0.4 is 0 Å². The monoisotopic (exact) mass is 242 g/mol. The van der Waals surface area contributed by atoms with Crippen LogP contribution in [0.25, 0.3) is 11.5 Å². The van der Waals surface area contributed by atoms with Crippen LogP contribution in [0.15, 0.2) is 30.7 Å². The van der Waals surface area contributed by atoms with E-state index in [1.165, 1.54) is 6.20 Å². The first-order chi connectivity index (χ1) is 8.00. The van der Waals surface area contributed by atoms with E-state index in [1.807, 2.05) is 0 Å². The molecule has 0 N–H and O–H groups in total. The van der Waals surface area contributed by atoms with Crippen molar-refractivity contribution in [2.24, 2.45) is 0 Å². The topological polar surface area (TPSA) is 43.6 Å². The summed E-state index contributed by atoms with van der Waals surface area (Å²) in [6, 6.07) is 3.26. The number of pyridine rings is 1. The minimum atomic E-state index is -4.34. The smallest absolute Gasteiger partial charge is 0.300 e. The van der Waals surface area contributed by atoms with Crippen LogP contribution in [0.2, 0.25) is 0 Å². The highest BCUT2D eigenvalue weighted by Gasteiger charge is 2.38. The molecule has 0 amide bonds. The van der Waals surface area contributed by atoms with Crippen LogP contribution in [0.3, 0.4) is 0 Å². The van der Waals surface area contributed by atoms with Crippen molar-refractivity contribution in [3.8, 4) is 11.5 Å². The summed E-state index contributed by atoms with van der Waals surface area (Å²) in [5, 5.41) is 7.18. The number of rotatable bonds is 2. The first-order valence-corrected chi connectivity index (χ1v) is 4.88. The minimum absolute atomic E-state index is 0.107. The fraction of sp³-hybridized carbons (Fsp3) is 0.300. The van der Waals surface area contributed by atoms with Crippen LogP contribution in [0, 0.1) is 0 Å². The average Bonchev–Trinajstić information content (AvgIpc) is 2.76. The molecule has 0 saturated heterocycles. The Morgan fingerprint density at radius 3 is 2.65 bits per heavy atom. The Hall–Kier alpha value is -1.92. The molecule has 2 aromatic rings. The Kier molecular flexibility index (Phi) is 2.83. The van der Waals surface area contributed by atoms with E-state index >= 15 is 0 Å². The summed E-state index contributed by atoms with van der Waals surface area (Å²) in [6.07, 6.45) is -1.79. The fourth-order valence-corrected chi connectivity index (χ4v) is 1.36. The summed E-state index contributed by atoms with van der Waals surface area (Å²) in [5.74, 6) is 0.107. The zero-order valence-corrected chi connectivity index (χ0v) is 8.89. The molecule has 17 heavy (non-hydrogen) atoms. The Balaban J connectivity index is 2.43. The van der Waals surface area contributed by atoms with Gasteiger partial charge in [0.05, 0.1) is 0 Å². The molecule has 90 valence electrons. The lowest BCUT2D eigenvalue weighted by Crippen LogP contribution is -2.24. The molecule has 1 atom stereocenters. The van der Waals surface area contributed by atoms with Gasteiger partial charge in [0.15, 0.2) is 5.82 Å². The van der Waals surface area contributed by atoms with E-state index < -0.39 is 12.2 Å². The summed E-state index contributed by atoms with van der Waals surface area (Å²) in [6.45, 7) is 1.05. The van der Waals surface area contributed by atoms with Crippen molar-refractivity contribution < 1.29 is 13.2 Å². The van der Waals surface area contributed by atoms with Gasteiger partial charge in [0, 0.05) is 6.20 Å². The molecular weight excluding hydrogens is 233 g/mol. The maximum atomic E-state index is 12.6. The number of hydrogen-bond donors (Lipinski definition) is 0. The van der Waals surface area contributed by atoms with Gasteiger partial charge in [0.25, 0.3) is 0 Å². The third-order valence-corrected chi connectivity index (χ3v) is 2.36. The molecule has 0 fully saturated rings. The molecule has 0 radical (unpaired) electrons. The molecule has 2 aromatic heterocycles. The number of aromatic nitrogens is 4. The normalized spacial score (nSPS) is 13.6. The lowest BCUT2D eigenvalue weighted by Gasteiger charge is -2.18. The van der Waals surface area contributed by atoms with Crippen molar-refractivity contribution in [2.45, 2.75) is 19.1 Å². The van der Waals surface area contributed by atoms with Crippen molar-refractivity contribution in [3.05, 3.63) is 30.7 Å². The van der Waals surface area contributed by atoms with Gasteiger partial charge in [-0.3, -0.25) is 4.98 Å². The third kappa shape index (κ3) is 2.27. The molecule has 2 rings (SSSR count). The van der Waals surface area contributed by atoms with Gasteiger partial charge in [0.2, 0.25) is 0 Å². The Labute approximate surface area is 95.1 Å². The van der Waals surface area contributed by atoms with Crippen molar-refractivity contribution in [2.75, 3.05) is 0 Å². The van der Waals surface area contributed by atoms with Gasteiger partial charge in [-0.05, 0) is 19.1 Å². The van der Waals surface area contributed by atoms with Gasteiger partial charge >= 0.3 is 6.18 Å². The summed E-state index contributed by atoms with van der Waals surface area (Å²) in [7, 11) is 0. The largest absolute Gasteiger partial charge is 0.408 e. The number of alkyl halides is 3. The van der Waals surface area contributed by atoms with Crippen molar-refractivity contribution in [3.63, 3.8) is 0 Å². The van der Waals surface area contributed by atoms with Crippen molar-refractivity contribution >= 4 is 0 Å². The first-order valence-electron chi connectivity index (χ1n) is 4.88. The average molecular weight is 242 g/mol. The molecule has 0 aromatic carbocycles. The van der Waals surface area contributed by atoms with Crippen LogP contribution in [-0.2, 0) is 0 Å². The van der Waals surface area contributed by atoms with Gasteiger partial charge in [-0.15, -0.1) is 10.2 Å². The fourth-order valence-electron chi connectivity index (χ4n) is 1.36. The third-order valence-electron chi connectivity index (χ3n) is 2.36. The van der Waals surface area contributed by atoms with E-state index in [0.717, 1.165) is 17.8 Å². The van der Waals surface area contributed by atoms with E-state index in [9.17, 15) is 13.2 Å². The number of nitrogens with zero attached hydrogens (tertiary/aromatic N) is 4. The predicted octanol–water partition coefficient (Wildman–Crippen LogP) is 2.46. The van der Waals surface area contributed by atoms with Crippen LogP contribution >= 0.6 is 0 Å². The van der Waals surface area contributed by atoms with Gasteiger partial charge in [0.1, 0.15) is 18.1 Å². The quantitative estimate of drug-likeness (QED) is 0.812. The molecule has 7 heteroatoms. The Morgan fingerprint density at radius 2 is 2.06 bits per heavy atom. The lowest BCUT2D eigenvalue weighted by atomic mass is 10.3. The first kappa shape index (κ1) is 11.6. The summed E-state index contributed by atoms with van der Waals surface area (Å²) < 4.78 is 38.8. The van der Waals surface area contributed by atoms with Crippen molar-refractivity contribution in [1.82, 2.24) is 19.7 Å². The van der Waals surface area contributed by atoms with Gasteiger partial charge in [-0.1, -0.05) is 6.07 Å². The number of halogens is 3. The lowest BCUT2D eigenvalue weighted by molar-refractivity contribution is -0.162. The van der Waals surface area contributed by atoms with Gasteiger partial charge < -0.3 is 4.57 Å². The second-order valence-electron chi connectivity index (χ2n) is 3.49. The zero-order chi connectivity index (χ0) is 12.5. The second kappa shape index (κ2) is 4.15. The summed E-state index contributed by atoms with van der Waals surface area (Å²) in [5.41, 5.74) is 0.362. The SMILES string of the molecule is CC(n1cnnc1-c1ccccn1)C(F)(F)F. The van der Waals surface area contributed by atoms with Crippen LogP contribution in [0.5, 0.6) is 0 Å². The van der Waals surface area contributed by atoms with Crippen LogP contribution in [0.1, 0.15) is 13.0 Å². The molecule has 0 spiro atoms. The maximum absolute atomic E-state index is 12.6. The van der Waals surface area contributed by atoms with Crippen molar-refractivity contribution in [1.29, 1.82) is 0 Å². The molecule has 1 unspecified atom stereocenters. The van der Waals surface area contributed by atoms with Crippen LogP contribution in [0.4, 0.5) is 13.2 Å². The zero-order valence-electron chi connectivity index (χ0n) is 8.89. The predicted molar refractivity (Wildman–Crippen MR) is 54.0 cm³/mol. The second-order valence-corrected chi connectivity index (χ2v) is 3.49. The van der Waals surface area contributed by atoms with Crippen LogP contribution in [-0.4, -0.2) is 25.9 Å². The molecule has 0 aliphatic carbocycles. The maximum Gasteiger partial charge on any atom is 0.408 e. The minimum Gasteiger partial charge on any atom is -0.300 e. The molecule has 4 nitrogen and oxygen atoms in total. The van der Waals surface area contributed by atoms with Gasteiger partial charge in [-0.25, -0.2) is 0 Å². The Bertz CT molecular complexity index is 492. The Morgan fingerprint density at radius 1 is 1.29 bits per heavy atom.